The van der Waals surface area contributed by atoms with Gasteiger partial charge in [0, 0.05) is 15.7 Å². The number of hydrogen-bond donors (Lipinski definition) is 3. The van der Waals surface area contributed by atoms with Gasteiger partial charge in [-0.2, -0.15) is 4.98 Å². The van der Waals surface area contributed by atoms with Crippen LogP contribution in [0.25, 0.3) is 0 Å². The van der Waals surface area contributed by atoms with Gasteiger partial charge in [0.15, 0.2) is 0 Å². The highest BCUT2D eigenvalue weighted by Gasteiger charge is 2.09. The Morgan fingerprint density at radius 2 is 2.00 bits per heavy atom. The molecule has 2 rings (SSSR count). The van der Waals surface area contributed by atoms with Crippen molar-refractivity contribution in [3.63, 3.8) is 0 Å². The summed E-state index contributed by atoms with van der Waals surface area (Å²) in [5.74, 6) is 6.19. The third kappa shape index (κ3) is 3.36. The average Bonchev–Trinajstić information content (AvgIpc) is 2.38. The van der Waals surface area contributed by atoms with E-state index in [1.807, 2.05) is 19.1 Å². The molecule has 0 spiro atoms. The third-order valence-electron chi connectivity index (χ3n) is 2.37. The third-order valence-corrected chi connectivity index (χ3v) is 4.02. The zero-order valence-electron chi connectivity index (χ0n) is 9.84. The number of benzene rings is 1. The molecular weight excluding hydrogens is 397 g/mol. The van der Waals surface area contributed by atoms with Crippen molar-refractivity contribution in [2.24, 2.45) is 5.84 Å². The molecule has 0 aliphatic heterocycles. The first kappa shape index (κ1) is 14.5. The minimum Gasteiger partial charge on any atom is -0.338 e. The summed E-state index contributed by atoms with van der Waals surface area (Å²) in [5.41, 5.74) is 4.19. The lowest BCUT2D eigenvalue weighted by atomic mass is 10.2. The molecule has 5 nitrogen and oxygen atoms in total. The summed E-state index contributed by atoms with van der Waals surface area (Å²) in [6.45, 7) is 1.94. The SMILES string of the molecule is Cc1cc(Br)c(Nc2nc(NN)ncc2Br)cc1Cl. The number of hydrazine groups is 1. The Morgan fingerprint density at radius 3 is 2.68 bits per heavy atom. The number of hydrogen-bond acceptors (Lipinski definition) is 5. The number of nitrogen functional groups attached to an aromatic ring is 1. The highest BCUT2D eigenvalue weighted by molar-refractivity contribution is 9.11. The van der Waals surface area contributed by atoms with Crippen LogP contribution >= 0.6 is 43.5 Å². The van der Waals surface area contributed by atoms with E-state index in [1.54, 1.807) is 6.20 Å². The first-order valence-corrected chi connectivity index (χ1v) is 7.19. The predicted octanol–water partition coefficient (Wildman–Crippen LogP) is 3.99. The summed E-state index contributed by atoms with van der Waals surface area (Å²) < 4.78 is 1.61. The second-order valence-corrected chi connectivity index (χ2v) is 5.86. The maximum Gasteiger partial charge on any atom is 0.239 e. The molecule has 0 amide bonds. The van der Waals surface area contributed by atoms with Crippen LogP contribution in [-0.2, 0) is 0 Å². The van der Waals surface area contributed by atoms with Gasteiger partial charge < -0.3 is 5.32 Å². The molecule has 0 bridgehead atoms. The van der Waals surface area contributed by atoms with E-state index in [-0.39, 0.29) is 0 Å². The van der Waals surface area contributed by atoms with Crippen molar-refractivity contribution in [3.05, 3.63) is 37.9 Å². The number of nitrogens with zero attached hydrogens (tertiary/aromatic N) is 2. The molecule has 1 aromatic heterocycles. The van der Waals surface area contributed by atoms with Gasteiger partial charge in [0.05, 0.1) is 10.2 Å². The fourth-order valence-corrected chi connectivity index (χ4v) is 2.40. The van der Waals surface area contributed by atoms with Gasteiger partial charge in [-0.25, -0.2) is 10.8 Å². The van der Waals surface area contributed by atoms with Crippen molar-refractivity contribution >= 4 is 60.9 Å². The van der Waals surface area contributed by atoms with Crippen LogP contribution in [-0.4, -0.2) is 9.97 Å². The summed E-state index contributed by atoms with van der Waals surface area (Å²) in [5, 5.41) is 3.83. The van der Waals surface area contributed by atoms with Crippen molar-refractivity contribution in [1.82, 2.24) is 9.97 Å². The molecule has 0 atom stereocenters. The smallest absolute Gasteiger partial charge is 0.239 e. The Kier molecular flexibility index (Phi) is 4.62. The average molecular weight is 407 g/mol. The number of aromatic nitrogens is 2. The molecule has 0 fully saturated rings. The Balaban J connectivity index is 2.38. The van der Waals surface area contributed by atoms with Crippen molar-refractivity contribution in [3.8, 4) is 0 Å². The van der Waals surface area contributed by atoms with Crippen molar-refractivity contribution in [2.75, 3.05) is 10.7 Å². The van der Waals surface area contributed by atoms with Crippen LogP contribution in [0, 0.1) is 6.92 Å². The largest absolute Gasteiger partial charge is 0.338 e. The fraction of sp³-hybridized carbons (Fsp3) is 0.0909. The van der Waals surface area contributed by atoms with E-state index in [0.29, 0.717) is 16.8 Å². The number of nitrogens with two attached hydrogens (primary N) is 1. The maximum absolute atomic E-state index is 6.11. The number of rotatable bonds is 3. The molecule has 1 aromatic carbocycles. The maximum atomic E-state index is 6.11. The van der Waals surface area contributed by atoms with E-state index in [2.05, 4.69) is 52.6 Å². The molecule has 0 saturated heterocycles. The first-order chi connectivity index (χ1) is 9.01. The summed E-state index contributed by atoms with van der Waals surface area (Å²) >= 11 is 13.0. The molecule has 4 N–H and O–H groups in total. The van der Waals surface area contributed by atoms with Crippen LogP contribution < -0.4 is 16.6 Å². The van der Waals surface area contributed by atoms with Gasteiger partial charge >= 0.3 is 0 Å². The van der Waals surface area contributed by atoms with Gasteiger partial charge in [0.1, 0.15) is 5.82 Å². The van der Waals surface area contributed by atoms with Crippen molar-refractivity contribution in [1.29, 1.82) is 0 Å². The highest BCUT2D eigenvalue weighted by Crippen LogP contribution is 2.32. The van der Waals surface area contributed by atoms with Crippen molar-refractivity contribution in [2.45, 2.75) is 6.92 Å². The van der Waals surface area contributed by atoms with E-state index in [9.17, 15) is 0 Å². The zero-order chi connectivity index (χ0) is 14.0. The molecule has 2 aromatic rings. The first-order valence-electron chi connectivity index (χ1n) is 5.23. The zero-order valence-corrected chi connectivity index (χ0v) is 13.8. The summed E-state index contributed by atoms with van der Waals surface area (Å²) in [7, 11) is 0. The van der Waals surface area contributed by atoms with Crippen LogP contribution in [0.4, 0.5) is 17.5 Å². The molecule has 100 valence electrons. The van der Waals surface area contributed by atoms with Gasteiger partial charge in [0.2, 0.25) is 5.95 Å². The number of halogens is 3. The Hall–Kier alpha value is -0.890. The number of nitrogens with one attached hydrogen (secondary N) is 2. The predicted molar refractivity (Wildman–Crippen MR) is 84.7 cm³/mol. The van der Waals surface area contributed by atoms with E-state index >= 15 is 0 Å². The van der Waals surface area contributed by atoms with E-state index < -0.39 is 0 Å². The summed E-state index contributed by atoms with van der Waals surface area (Å²) in [4.78, 5) is 8.19. The molecule has 8 heteroatoms. The van der Waals surface area contributed by atoms with Crippen LogP contribution in [0.15, 0.2) is 27.3 Å². The Morgan fingerprint density at radius 1 is 1.26 bits per heavy atom. The normalized spacial score (nSPS) is 10.4. The summed E-state index contributed by atoms with van der Waals surface area (Å²) in [6, 6.07) is 3.76. The van der Waals surface area contributed by atoms with Crippen LogP contribution in [0.2, 0.25) is 5.02 Å². The van der Waals surface area contributed by atoms with Crippen LogP contribution in [0.3, 0.4) is 0 Å². The monoisotopic (exact) mass is 405 g/mol. The molecule has 0 saturated carbocycles. The second kappa shape index (κ2) is 6.04. The van der Waals surface area contributed by atoms with Gasteiger partial charge in [-0.1, -0.05) is 11.6 Å². The topological polar surface area (TPSA) is 75.9 Å². The minimum absolute atomic E-state index is 0.319. The quantitative estimate of drug-likeness (QED) is 0.530. The second-order valence-electron chi connectivity index (χ2n) is 3.74. The fourth-order valence-electron chi connectivity index (χ4n) is 1.39. The molecule has 0 aliphatic carbocycles. The Bertz CT molecular complexity index is 620. The Labute approximate surface area is 132 Å². The number of aryl methyl sites for hydroxylation is 1. The van der Waals surface area contributed by atoms with Crippen LogP contribution in [0.5, 0.6) is 0 Å². The standard InChI is InChI=1S/C11H10Br2ClN5/c1-5-2-6(12)9(3-8(5)14)17-10-7(13)4-16-11(18-10)19-15/h2-4H,15H2,1H3,(H2,16,17,18,19). The molecule has 1 heterocycles. The molecule has 0 radical (unpaired) electrons. The van der Waals surface area contributed by atoms with Crippen LogP contribution in [0.1, 0.15) is 5.56 Å². The molecule has 0 aliphatic rings. The van der Waals surface area contributed by atoms with Gasteiger partial charge in [-0.05, 0) is 56.5 Å². The minimum atomic E-state index is 0.319. The summed E-state index contributed by atoms with van der Waals surface area (Å²) in [6.07, 6.45) is 1.61. The van der Waals surface area contributed by atoms with Crippen molar-refractivity contribution < 1.29 is 0 Å². The van der Waals surface area contributed by atoms with Gasteiger partial charge in [-0.15, -0.1) is 0 Å². The van der Waals surface area contributed by atoms with Gasteiger partial charge in [-0.3, -0.25) is 5.43 Å². The lowest BCUT2D eigenvalue weighted by Crippen LogP contribution is -2.11. The molecular formula is C11H10Br2ClN5. The molecule has 0 unspecified atom stereocenters. The van der Waals surface area contributed by atoms with E-state index in [1.165, 1.54) is 0 Å². The van der Waals surface area contributed by atoms with E-state index in [0.717, 1.165) is 20.2 Å². The lowest BCUT2D eigenvalue weighted by molar-refractivity contribution is 1.11. The highest BCUT2D eigenvalue weighted by atomic mass is 79.9. The molecule has 19 heavy (non-hydrogen) atoms. The van der Waals surface area contributed by atoms with E-state index in [4.69, 9.17) is 17.4 Å². The number of anilines is 3. The lowest BCUT2D eigenvalue weighted by Gasteiger charge is -2.11. The van der Waals surface area contributed by atoms with Gasteiger partial charge in [0.25, 0.3) is 0 Å².